The van der Waals surface area contributed by atoms with Crippen LogP contribution in [0.3, 0.4) is 0 Å². The van der Waals surface area contributed by atoms with Crippen molar-refractivity contribution in [2.24, 2.45) is 0 Å². The van der Waals surface area contributed by atoms with E-state index in [1.165, 1.54) is 0 Å². The molecule has 0 spiro atoms. The zero-order chi connectivity index (χ0) is 13.4. The van der Waals surface area contributed by atoms with Crippen molar-refractivity contribution in [3.63, 3.8) is 0 Å². The number of hydrogen-bond donors (Lipinski definition) is 0. The Morgan fingerprint density at radius 1 is 1.17 bits per heavy atom. The van der Waals surface area contributed by atoms with E-state index in [1.807, 2.05) is 44.2 Å². The molecular weight excluding hydrogens is 228 g/mol. The van der Waals surface area contributed by atoms with E-state index in [2.05, 4.69) is 0 Å². The summed E-state index contributed by atoms with van der Waals surface area (Å²) in [7, 11) is 0. The molecule has 0 bridgehead atoms. The molecule has 0 N–H and O–H groups in total. The number of esters is 1. The van der Waals surface area contributed by atoms with E-state index in [9.17, 15) is 4.79 Å². The lowest BCUT2D eigenvalue weighted by atomic mass is 10.1. The molecule has 0 saturated carbocycles. The quantitative estimate of drug-likeness (QED) is 0.571. The molecule has 0 aliphatic rings. The maximum Gasteiger partial charge on any atom is 0.333 e. The SMILES string of the molecule is CCOC(=O)/C(=C/c1ccccc1OCC)CC. The predicted molar refractivity (Wildman–Crippen MR) is 72.5 cm³/mol. The van der Waals surface area contributed by atoms with Crippen molar-refractivity contribution >= 4 is 12.0 Å². The minimum Gasteiger partial charge on any atom is -0.493 e. The first kappa shape index (κ1) is 14.3. The normalized spacial score (nSPS) is 11.2. The maximum atomic E-state index is 11.7. The lowest BCUT2D eigenvalue weighted by Gasteiger charge is -2.09. The van der Waals surface area contributed by atoms with E-state index < -0.39 is 0 Å². The number of carbonyl (C=O) groups excluding carboxylic acids is 1. The summed E-state index contributed by atoms with van der Waals surface area (Å²) < 4.78 is 10.5. The molecule has 3 heteroatoms. The Hall–Kier alpha value is -1.77. The molecule has 0 heterocycles. The fourth-order valence-electron chi connectivity index (χ4n) is 1.60. The van der Waals surface area contributed by atoms with Crippen molar-refractivity contribution < 1.29 is 14.3 Å². The van der Waals surface area contributed by atoms with Gasteiger partial charge in [0.15, 0.2) is 0 Å². The number of ether oxygens (including phenoxy) is 2. The second kappa shape index (κ2) is 7.54. The summed E-state index contributed by atoms with van der Waals surface area (Å²) in [4.78, 5) is 11.7. The average molecular weight is 248 g/mol. The summed E-state index contributed by atoms with van der Waals surface area (Å²) in [5.41, 5.74) is 1.56. The van der Waals surface area contributed by atoms with E-state index in [-0.39, 0.29) is 5.97 Å². The average Bonchev–Trinajstić information content (AvgIpc) is 2.38. The van der Waals surface area contributed by atoms with Crippen LogP contribution in [0.2, 0.25) is 0 Å². The van der Waals surface area contributed by atoms with E-state index in [0.29, 0.717) is 25.2 Å². The Bertz CT molecular complexity index is 422. The second-order valence-corrected chi connectivity index (χ2v) is 3.71. The van der Waals surface area contributed by atoms with Gasteiger partial charge in [0, 0.05) is 11.1 Å². The largest absolute Gasteiger partial charge is 0.493 e. The van der Waals surface area contributed by atoms with Crippen LogP contribution < -0.4 is 4.74 Å². The molecule has 0 atom stereocenters. The van der Waals surface area contributed by atoms with Gasteiger partial charge >= 0.3 is 5.97 Å². The van der Waals surface area contributed by atoms with E-state index in [4.69, 9.17) is 9.47 Å². The first-order valence-electron chi connectivity index (χ1n) is 6.32. The van der Waals surface area contributed by atoms with Gasteiger partial charge in [0.2, 0.25) is 0 Å². The van der Waals surface area contributed by atoms with Crippen molar-refractivity contribution in [1.82, 2.24) is 0 Å². The minimum atomic E-state index is -0.258. The van der Waals surface area contributed by atoms with Crippen molar-refractivity contribution in [3.8, 4) is 5.75 Å². The topological polar surface area (TPSA) is 35.5 Å². The van der Waals surface area contributed by atoms with Gasteiger partial charge < -0.3 is 9.47 Å². The van der Waals surface area contributed by atoms with Gasteiger partial charge in [-0.05, 0) is 32.4 Å². The van der Waals surface area contributed by atoms with Gasteiger partial charge in [-0.1, -0.05) is 25.1 Å². The first-order chi connectivity index (χ1) is 8.72. The lowest BCUT2D eigenvalue weighted by molar-refractivity contribution is -0.138. The Morgan fingerprint density at radius 3 is 2.50 bits per heavy atom. The van der Waals surface area contributed by atoms with Gasteiger partial charge in [0.25, 0.3) is 0 Å². The smallest absolute Gasteiger partial charge is 0.333 e. The van der Waals surface area contributed by atoms with Crippen LogP contribution in [0, 0.1) is 0 Å². The zero-order valence-corrected chi connectivity index (χ0v) is 11.2. The number of benzene rings is 1. The Labute approximate surface area is 108 Å². The first-order valence-corrected chi connectivity index (χ1v) is 6.32. The highest BCUT2D eigenvalue weighted by Gasteiger charge is 2.09. The molecule has 0 saturated heterocycles. The van der Waals surface area contributed by atoms with Crippen molar-refractivity contribution in [3.05, 3.63) is 35.4 Å². The maximum absolute atomic E-state index is 11.7. The molecule has 0 aliphatic heterocycles. The number of carbonyl (C=O) groups is 1. The molecule has 1 aromatic carbocycles. The monoisotopic (exact) mass is 248 g/mol. The van der Waals surface area contributed by atoms with Crippen molar-refractivity contribution in [2.75, 3.05) is 13.2 Å². The lowest BCUT2D eigenvalue weighted by Crippen LogP contribution is -2.07. The highest BCUT2D eigenvalue weighted by Crippen LogP contribution is 2.22. The van der Waals surface area contributed by atoms with Crippen LogP contribution in [0.5, 0.6) is 5.75 Å². The summed E-state index contributed by atoms with van der Waals surface area (Å²) in [6.07, 6.45) is 2.47. The minimum absolute atomic E-state index is 0.258. The summed E-state index contributed by atoms with van der Waals surface area (Å²) in [6.45, 7) is 6.67. The predicted octanol–water partition coefficient (Wildman–Crippen LogP) is 3.44. The fourth-order valence-corrected chi connectivity index (χ4v) is 1.60. The Morgan fingerprint density at radius 2 is 1.89 bits per heavy atom. The molecule has 0 fully saturated rings. The van der Waals surface area contributed by atoms with E-state index in [1.54, 1.807) is 6.92 Å². The van der Waals surface area contributed by atoms with Crippen LogP contribution in [-0.2, 0) is 9.53 Å². The Balaban J connectivity index is 3.01. The number of rotatable bonds is 6. The molecule has 18 heavy (non-hydrogen) atoms. The molecule has 0 aliphatic carbocycles. The molecule has 0 amide bonds. The third kappa shape index (κ3) is 3.91. The summed E-state index contributed by atoms with van der Waals surface area (Å²) in [5, 5.41) is 0. The van der Waals surface area contributed by atoms with Gasteiger partial charge in [-0.3, -0.25) is 0 Å². The standard InChI is InChI=1S/C15H20O3/c1-4-12(15(16)18-6-3)11-13-9-7-8-10-14(13)17-5-2/h7-11H,4-6H2,1-3H3/b12-11+. The van der Waals surface area contributed by atoms with Crippen LogP contribution in [0.15, 0.2) is 29.8 Å². The summed E-state index contributed by atoms with van der Waals surface area (Å²) >= 11 is 0. The molecular formula is C15H20O3. The highest BCUT2D eigenvalue weighted by atomic mass is 16.5. The van der Waals surface area contributed by atoms with Crippen LogP contribution in [0.4, 0.5) is 0 Å². The van der Waals surface area contributed by atoms with Gasteiger partial charge in [-0.25, -0.2) is 4.79 Å². The number of para-hydroxylation sites is 1. The Kier molecular flexibility index (Phi) is 5.98. The third-order valence-corrected chi connectivity index (χ3v) is 2.47. The van der Waals surface area contributed by atoms with Crippen LogP contribution in [0.1, 0.15) is 32.8 Å². The van der Waals surface area contributed by atoms with Crippen LogP contribution in [0.25, 0.3) is 6.08 Å². The molecule has 1 rings (SSSR count). The third-order valence-electron chi connectivity index (χ3n) is 2.47. The second-order valence-electron chi connectivity index (χ2n) is 3.71. The molecule has 98 valence electrons. The van der Waals surface area contributed by atoms with Crippen LogP contribution >= 0.6 is 0 Å². The molecule has 1 aromatic rings. The summed E-state index contributed by atoms with van der Waals surface area (Å²) in [6, 6.07) is 7.67. The van der Waals surface area contributed by atoms with Crippen molar-refractivity contribution in [1.29, 1.82) is 0 Å². The fraction of sp³-hybridized carbons (Fsp3) is 0.400. The zero-order valence-electron chi connectivity index (χ0n) is 11.2. The van der Waals surface area contributed by atoms with Gasteiger partial charge in [0.1, 0.15) is 5.75 Å². The highest BCUT2D eigenvalue weighted by molar-refractivity contribution is 5.94. The van der Waals surface area contributed by atoms with Gasteiger partial charge in [-0.2, -0.15) is 0 Å². The van der Waals surface area contributed by atoms with Gasteiger partial charge in [0.05, 0.1) is 13.2 Å². The van der Waals surface area contributed by atoms with Crippen LogP contribution in [-0.4, -0.2) is 19.2 Å². The molecule has 0 aromatic heterocycles. The molecule has 0 radical (unpaired) electrons. The van der Waals surface area contributed by atoms with E-state index in [0.717, 1.165) is 11.3 Å². The molecule has 0 unspecified atom stereocenters. The number of hydrogen-bond acceptors (Lipinski definition) is 3. The van der Waals surface area contributed by atoms with Crippen molar-refractivity contribution in [2.45, 2.75) is 27.2 Å². The van der Waals surface area contributed by atoms with E-state index >= 15 is 0 Å². The summed E-state index contributed by atoms with van der Waals surface area (Å²) in [5.74, 6) is 0.529. The molecule has 3 nitrogen and oxygen atoms in total. The van der Waals surface area contributed by atoms with Gasteiger partial charge in [-0.15, -0.1) is 0 Å².